The lowest BCUT2D eigenvalue weighted by atomic mass is 10.1. The van der Waals surface area contributed by atoms with E-state index in [1.54, 1.807) is 17.2 Å². The third-order valence-electron chi connectivity index (χ3n) is 3.00. The van der Waals surface area contributed by atoms with Gasteiger partial charge >= 0.3 is 0 Å². The summed E-state index contributed by atoms with van der Waals surface area (Å²) in [7, 11) is 0. The summed E-state index contributed by atoms with van der Waals surface area (Å²) in [6.45, 7) is 0. The Labute approximate surface area is 116 Å². The molecule has 1 aromatic heterocycles. The fourth-order valence-electron chi connectivity index (χ4n) is 2.06. The van der Waals surface area contributed by atoms with Crippen molar-refractivity contribution in [1.82, 2.24) is 0 Å². The van der Waals surface area contributed by atoms with Crippen molar-refractivity contribution in [3.05, 3.63) is 57.3 Å². The number of amides is 1. The molecule has 0 aliphatic heterocycles. The molecule has 0 fully saturated rings. The van der Waals surface area contributed by atoms with Gasteiger partial charge in [0.25, 0.3) is 5.91 Å². The largest absolute Gasteiger partial charge is 0.365 e. The second kappa shape index (κ2) is 6.29. The SMILES string of the molecule is NC(=O)c1ccc(C=O)s1.c1ccc2c(c1)CCC2. The van der Waals surface area contributed by atoms with Crippen molar-refractivity contribution in [2.75, 3.05) is 0 Å². The third kappa shape index (κ3) is 3.51. The van der Waals surface area contributed by atoms with Crippen molar-refractivity contribution in [3.8, 4) is 0 Å². The maximum atomic E-state index is 10.4. The van der Waals surface area contributed by atoms with Crippen LogP contribution in [0.1, 0.15) is 36.9 Å². The number of aryl methyl sites for hydroxylation is 2. The Morgan fingerprint density at radius 1 is 1.11 bits per heavy atom. The molecule has 1 aliphatic carbocycles. The molecule has 0 spiro atoms. The first kappa shape index (κ1) is 13.5. The zero-order valence-corrected chi connectivity index (χ0v) is 11.3. The van der Waals surface area contributed by atoms with Crippen LogP contribution < -0.4 is 5.73 Å². The van der Waals surface area contributed by atoms with Crippen molar-refractivity contribution in [2.45, 2.75) is 19.3 Å². The lowest BCUT2D eigenvalue weighted by Crippen LogP contribution is -2.07. The van der Waals surface area contributed by atoms with E-state index in [9.17, 15) is 9.59 Å². The topological polar surface area (TPSA) is 60.2 Å². The number of fused-ring (bicyclic) bond motifs is 1. The van der Waals surface area contributed by atoms with E-state index in [-0.39, 0.29) is 0 Å². The molecular weight excluding hydrogens is 258 g/mol. The number of hydrogen-bond acceptors (Lipinski definition) is 3. The predicted molar refractivity (Wildman–Crippen MR) is 76.7 cm³/mol. The van der Waals surface area contributed by atoms with Crippen LogP contribution in [0, 0.1) is 0 Å². The summed E-state index contributed by atoms with van der Waals surface area (Å²) in [6, 6.07) is 11.8. The van der Waals surface area contributed by atoms with Gasteiger partial charge in [0.05, 0.1) is 9.75 Å². The summed E-state index contributed by atoms with van der Waals surface area (Å²) < 4.78 is 0. The van der Waals surface area contributed by atoms with Crippen LogP contribution in [0.25, 0.3) is 0 Å². The molecule has 3 nitrogen and oxygen atoms in total. The molecule has 0 saturated carbocycles. The average Bonchev–Trinajstić information content (AvgIpc) is 3.08. The first-order valence-corrected chi connectivity index (χ1v) is 6.94. The molecule has 98 valence electrons. The molecule has 1 heterocycles. The molecule has 4 heteroatoms. The molecule has 1 aromatic carbocycles. The summed E-state index contributed by atoms with van der Waals surface area (Å²) in [6.07, 6.45) is 4.66. The maximum absolute atomic E-state index is 10.4. The molecule has 2 aromatic rings. The van der Waals surface area contributed by atoms with Crippen LogP contribution >= 0.6 is 11.3 Å². The van der Waals surface area contributed by atoms with E-state index < -0.39 is 5.91 Å². The minimum Gasteiger partial charge on any atom is -0.365 e. The lowest BCUT2D eigenvalue weighted by Gasteiger charge is -1.93. The number of aldehydes is 1. The lowest BCUT2D eigenvalue weighted by molar-refractivity contribution is 0.100. The maximum Gasteiger partial charge on any atom is 0.258 e. The first-order chi connectivity index (χ1) is 9.20. The number of rotatable bonds is 2. The Morgan fingerprint density at radius 3 is 2.16 bits per heavy atom. The van der Waals surface area contributed by atoms with Crippen LogP contribution in [0.5, 0.6) is 0 Å². The number of benzene rings is 1. The first-order valence-electron chi connectivity index (χ1n) is 6.12. The van der Waals surface area contributed by atoms with Crippen molar-refractivity contribution >= 4 is 23.5 Å². The normalized spacial score (nSPS) is 12.2. The van der Waals surface area contributed by atoms with Gasteiger partial charge in [-0.05, 0) is 42.5 Å². The number of carbonyl (C=O) groups is 2. The number of hydrogen-bond donors (Lipinski definition) is 1. The number of primary amides is 1. The van der Waals surface area contributed by atoms with Crippen LogP contribution in [0.15, 0.2) is 36.4 Å². The van der Waals surface area contributed by atoms with Crippen molar-refractivity contribution in [3.63, 3.8) is 0 Å². The highest BCUT2D eigenvalue weighted by atomic mass is 32.1. The van der Waals surface area contributed by atoms with Gasteiger partial charge in [-0.1, -0.05) is 24.3 Å². The minimum absolute atomic E-state index is 0.419. The van der Waals surface area contributed by atoms with Gasteiger partial charge in [0.1, 0.15) is 0 Å². The molecule has 19 heavy (non-hydrogen) atoms. The van der Waals surface area contributed by atoms with Crippen LogP contribution in [0.3, 0.4) is 0 Å². The standard InChI is InChI=1S/C9H10.C6H5NO2S/c1-2-5-9-7-3-6-8(9)4-1;7-6(9)5-2-1-4(3-8)10-5/h1-2,4-5H,3,6-7H2;1-3H,(H2,7,9). The van der Waals surface area contributed by atoms with Crippen molar-refractivity contribution in [1.29, 1.82) is 0 Å². The highest BCUT2D eigenvalue weighted by Crippen LogP contribution is 2.20. The molecule has 1 aliphatic rings. The molecule has 3 rings (SSSR count). The monoisotopic (exact) mass is 273 g/mol. The third-order valence-corrected chi connectivity index (χ3v) is 4.02. The number of thiophene rings is 1. The summed E-state index contributed by atoms with van der Waals surface area (Å²) in [5.41, 5.74) is 8.07. The van der Waals surface area contributed by atoms with Gasteiger partial charge in [-0.3, -0.25) is 9.59 Å². The van der Waals surface area contributed by atoms with Crippen molar-refractivity contribution in [2.24, 2.45) is 5.73 Å². The number of nitrogens with two attached hydrogens (primary N) is 1. The fraction of sp³-hybridized carbons (Fsp3) is 0.200. The molecule has 1 amide bonds. The quantitative estimate of drug-likeness (QED) is 0.855. The van der Waals surface area contributed by atoms with E-state index in [1.807, 2.05) is 0 Å². The highest BCUT2D eigenvalue weighted by molar-refractivity contribution is 7.15. The Hall–Kier alpha value is -1.94. The smallest absolute Gasteiger partial charge is 0.258 e. The van der Waals surface area contributed by atoms with Gasteiger partial charge in [0.15, 0.2) is 6.29 Å². The molecular formula is C15H15NO2S. The van der Waals surface area contributed by atoms with E-state index in [0.717, 1.165) is 11.3 Å². The van der Waals surface area contributed by atoms with Gasteiger partial charge in [-0.25, -0.2) is 0 Å². The molecule has 0 atom stereocenters. The van der Waals surface area contributed by atoms with Crippen LogP contribution in [0.4, 0.5) is 0 Å². The summed E-state index contributed by atoms with van der Waals surface area (Å²) in [4.78, 5) is 21.5. The average molecular weight is 273 g/mol. The van der Waals surface area contributed by atoms with Gasteiger partial charge in [0.2, 0.25) is 0 Å². The summed E-state index contributed by atoms with van der Waals surface area (Å²) in [5, 5.41) is 0. The van der Waals surface area contributed by atoms with Crippen LogP contribution in [-0.4, -0.2) is 12.2 Å². The molecule has 0 saturated heterocycles. The summed E-state index contributed by atoms with van der Waals surface area (Å²) in [5.74, 6) is -0.488. The minimum atomic E-state index is -0.488. The highest BCUT2D eigenvalue weighted by Gasteiger charge is 2.07. The molecule has 0 unspecified atom stereocenters. The number of carbonyl (C=O) groups excluding carboxylic acids is 2. The van der Waals surface area contributed by atoms with Gasteiger partial charge in [-0.2, -0.15) is 0 Å². The molecule has 0 bridgehead atoms. The van der Waals surface area contributed by atoms with Crippen LogP contribution in [0.2, 0.25) is 0 Å². The van der Waals surface area contributed by atoms with Gasteiger partial charge < -0.3 is 5.73 Å². The summed E-state index contributed by atoms with van der Waals surface area (Å²) >= 11 is 1.10. The van der Waals surface area contributed by atoms with Crippen molar-refractivity contribution < 1.29 is 9.59 Å². The zero-order chi connectivity index (χ0) is 13.7. The second-order valence-electron chi connectivity index (χ2n) is 4.31. The Balaban J connectivity index is 0.000000141. The second-order valence-corrected chi connectivity index (χ2v) is 5.42. The van der Waals surface area contributed by atoms with E-state index in [1.165, 1.54) is 25.3 Å². The Kier molecular flexibility index (Phi) is 4.47. The molecule has 0 radical (unpaired) electrons. The molecule has 2 N–H and O–H groups in total. The van der Waals surface area contributed by atoms with Gasteiger partial charge in [0, 0.05) is 0 Å². The zero-order valence-electron chi connectivity index (χ0n) is 10.5. The predicted octanol–water partition coefficient (Wildman–Crippen LogP) is 2.83. The van der Waals surface area contributed by atoms with E-state index in [2.05, 4.69) is 24.3 Å². The van der Waals surface area contributed by atoms with Crippen LogP contribution in [-0.2, 0) is 12.8 Å². The van der Waals surface area contributed by atoms with Gasteiger partial charge in [-0.15, -0.1) is 11.3 Å². The Bertz CT molecular complexity index is 566. The van der Waals surface area contributed by atoms with E-state index >= 15 is 0 Å². The van der Waals surface area contributed by atoms with E-state index in [0.29, 0.717) is 16.0 Å². The van der Waals surface area contributed by atoms with E-state index in [4.69, 9.17) is 5.73 Å². The fourth-order valence-corrected chi connectivity index (χ4v) is 2.74. The Morgan fingerprint density at radius 2 is 1.74 bits per heavy atom.